The molecule has 1 saturated carbocycles. The fraction of sp³-hybridized carbons (Fsp3) is 0.367. The van der Waals surface area contributed by atoms with Crippen LogP contribution in [0.4, 0.5) is 5.69 Å². The van der Waals surface area contributed by atoms with Crippen LogP contribution in [0.15, 0.2) is 67.1 Å². The number of hydrogen-bond donors (Lipinski definition) is 1. The van der Waals surface area contributed by atoms with Crippen molar-refractivity contribution in [2.75, 3.05) is 4.90 Å². The van der Waals surface area contributed by atoms with Crippen LogP contribution in [-0.2, 0) is 4.79 Å². The molecular formula is C30H34N4O3. The molecule has 1 aliphatic carbocycles. The van der Waals surface area contributed by atoms with Gasteiger partial charge in [0.05, 0.1) is 6.20 Å². The summed E-state index contributed by atoms with van der Waals surface area (Å²) in [6.45, 7) is 5.72. The van der Waals surface area contributed by atoms with E-state index in [9.17, 15) is 14.4 Å². The molecule has 0 bridgehead atoms. The van der Waals surface area contributed by atoms with Crippen LogP contribution in [0.2, 0.25) is 0 Å². The molecule has 4 rings (SSSR count). The molecule has 192 valence electrons. The predicted octanol–water partition coefficient (Wildman–Crippen LogP) is 5.64. The summed E-state index contributed by atoms with van der Waals surface area (Å²) in [5.74, 6) is -0.424. The van der Waals surface area contributed by atoms with Crippen LogP contribution in [-0.4, -0.2) is 33.6 Å². The molecule has 1 atom stereocenters. The molecular weight excluding hydrogens is 464 g/mol. The first-order chi connectivity index (χ1) is 17.8. The number of ketones is 1. The number of nitrogens with zero attached hydrogens (tertiary/aromatic N) is 3. The molecule has 3 aromatic rings. The summed E-state index contributed by atoms with van der Waals surface area (Å²) in [4.78, 5) is 49.5. The zero-order valence-electron chi connectivity index (χ0n) is 21.7. The Morgan fingerprint density at radius 1 is 0.892 bits per heavy atom. The first kappa shape index (κ1) is 26.2. The second-order valence-electron chi connectivity index (χ2n) is 9.94. The van der Waals surface area contributed by atoms with E-state index in [1.807, 2.05) is 24.3 Å². The third-order valence-electron chi connectivity index (χ3n) is 6.93. The van der Waals surface area contributed by atoms with Gasteiger partial charge in [0.2, 0.25) is 5.91 Å². The normalized spacial score (nSPS) is 14.7. The molecule has 0 aliphatic heterocycles. The van der Waals surface area contributed by atoms with Crippen molar-refractivity contribution in [1.82, 2.24) is 15.3 Å². The molecule has 1 N–H and O–H groups in total. The molecule has 0 unspecified atom stereocenters. The highest BCUT2D eigenvalue weighted by atomic mass is 16.2. The molecule has 0 radical (unpaired) electrons. The van der Waals surface area contributed by atoms with Crippen LogP contribution >= 0.6 is 0 Å². The fourth-order valence-electron chi connectivity index (χ4n) is 4.78. The number of Topliss-reactive ketones (excluding diaryl/α,β-unsaturated/α-hetero) is 1. The van der Waals surface area contributed by atoms with Gasteiger partial charge >= 0.3 is 0 Å². The van der Waals surface area contributed by atoms with Crippen molar-refractivity contribution in [3.8, 4) is 0 Å². The van der Waals surface area contributed by atoms with Gasteiger partial charge < -0.3 is 5.32 Å². The monoisotopic (exact) mass is 498 g/mol. The lowest BCUT2D eigenvalue weighted by Gasteiger charge is -2.33. The minimum absolute atomic E-state index is 0.0748. The number of anilines is 1. The Morgan fingerprint density at radius 3 is 2.11 bits per heavy atom. The molecule has 2 aromatic carbocycles. The number of nitrogens with one attached hydrogen (secondary N) is 1. The number of hydrogen-bond acceptors (Lipinski definition) is 5. The van der Waals surface area contributed by atoms with Gasteiger partial charge in [-0.1, -0.05) is 57.4 Å². The number of aromatic nitrogens is 2. The Balaban J connectivity index is 1.81. The second-order valence-corrected chi connectivity index (χ2v) is 9.94. The molecule has 1 fully saturated rings. The van der Waals surface area contributed by atoms with E-state index >= 15 is 0 Å². The van der Waals surface area contributed by atoms with E-state index in [4.69, 9.17) is 0 Å². The SMILES string of the molecule is CC(=O)c1ccc(N(C(=O)c2cnccn2)[C@H](C(=O)NC2CCCCC2)c2ccc(C(C)C)cc2)cc1. The lowest BCUT2D eigenvalue weighted by molar-refractivity contribution is -0.123. The van der Waals surface area contributed by atoms with Crippen LogP contribution in [0.25, 0.3) is 0 Å². The van der Waals surface area contributed by atoms with Crippen LogP contribution in [0.1, 0.15) is 96.8 Å². The quantitative estimate of drug-likeness (QED) is 0.406. The molecule has 1 heterocycles. The molecule has 7 heteroatoms. The number of benzene rings is 2. The maximum Gasteiger partial charge on any atom is 0.279 e. The van der Waals surface area contributed by atoms with E-state index in [1.54, 1.807) is 24.3 Å². The Hall–Kier alpha value is -3.87. The summed E-state index contributed by atoms with van der Waals surface area (Å²) in [6.07, 6.45) is 9.54. The number of carbonyl (C=O) groups is 3. The van der Waals surface area contributed by atoms with Crippen molar-refractivity contribution in [2.24, 2.45) is 0 Å². The molecule has 1 aliphatic rings. The third kappa shape index (κ3) is 6.28. The van der Waals surface area contributed by atoms with Crippen LogP contribution in [0.5, 0.6) is 0 Å². The van der Waals surface area contributed by atoms with Crippen molar-refractivity contribution < 1.29 is 14.4 Å². The van der Waals surface area contributed by atoms with E-state index in [0.29, 0.717) is 22.7 Å². The summed E-state index contributed by atoms with van der Waals surface area (Å²) in [6, 6.07) is 13.7. The van der Waals surface area contributed by atoms with Crippen LogP contribution in [0.3, 0.4) is 0 Å². The average molecular weight is 499 g/mol. The van der Waals surface area contributed by atoms with Crippen molar-refractivity contribution in [1.29, 1.82) is 0 Å². The number of rotatable bonds is 8. The Kier molecular flexibility index (Phi) is 8.43. The van der Waals surface area contributed by atoms with Crippen molar-refractivity contribution in [3.63, 3.8) is 0 Å². The molecule has 1 aromatic heterocycles. The Bertz CT molecular complexity index is 1220. The van der Waals surface area contributed by atoms with Gasteiger partial charge in [-0.25, -0.2) is 4.98 Å². The van der Waals surface area contributed by atoms with Crippen molar-refractivity contribution >= 4 is 23.3 Å². The van der Waals surface area contributed by atoms with Gasteiger partial charge in [-0.15, -0.1) is 0 Å². The molecule has 37 heavy (non-hydrogen) atoms. The molecule has 0 spiro atoms. The zero-order valence-corrected chi connectivity index (χ0v) is 21.7. The first-order valence-electron chi connectivity index (χ1n) is 13.0. The average Bonchev–Trinajstić information content (AvgIpc) is 2.92. The second kappa shape index (κ2) is 11.9. The summed E-state index contributed by atoms with van der Waals surface area (Å²) < 4.78 is 0. The minimum atomic E-state index is -0.930. The van der Waals surface area contributed by atoms with Crippen molar-refractivity contribution in [3.05, 3.63) is 89.5 Å². The predicted molar refractivity (Wildman–Crippen MR) is 144 cm³/mol. The summed E-state index contributed by atoms with van der Waals surface area (Å²) >= 11 is 0. The van der Waals surface area contributed by atoms with Crippen molar-refractivity contribution in [2.45, 2.75) is 70.9 Å². The highest BCUT2D eigenvalue weighted by molar-refractivity contribution is 6.09. The van der Waals surface area contributed by atoms with Crippen LogP contribution < -0.4 is 10.2 Å². The lowest BCUT2D eigenvalue weighted by Crippen LogP contribution is -2.47. The molecule has 0 saturated heterocycles. The van der Waals surface area contributed by atoms with Gasteiger partial charge in [0.15, 0.2) is 5.78 Å². The lowest BCUT2D eigenvalue weighted by atomic mass is 9.94. The van der Waals surface area contributed by atoms with Gasteiger partial charge in [0, 0.05) is 29.7 Å². The van der Waals surface area contributed by atoms with Gasteiger partial charge in [-0.2, -0.15) is 0 Å². The maximum absolute atomic E-state index is 14.0. The highest BCUT2D eigenvalue weighted by Crippen LogP contribution is 2.31. The smallest absolute Gasteiger partial charge is 0.279 e. The standard InChI is InChI=1S/C30H34N4O3/c1-20(2)22-9-11-24(12-10-22)28(29(36)33-25-7-5-4-6-8-25)34(30(37)27-19-31-17-18-32-27)26-15-13-23(14-16-26)21(3)35/h9-20,25,28H,4-8H2,1-3H3,(H,33,36)/t28-/m0/s1. The Labute approximate surface area is 218 Å². The van der Waals surface area contributed by atoms with Gasteiger partial charge in [0.1, 0.15) is 11.7 Å². The topological polar surface area (TPSA) is 92.3 Å². The highest BCUT2D eigenvalue weighted by Gasteiger charge is 2.35. The van der Waals surface area contributed by atoms with E-state index in [2.05, 4.69) is 29.1 Å². The van der Waals surface area contributed by atoms with Crippen LogP contribution in [0, 0.1) is 0 Å². The van der Waals surface area contributed by atoms with E-state index in [1.165, 1.54) is 36.8 Å². The fourth-order valence-corrected chi connectivity index (χ4v) is 4.78. The summed E-state index contributed by atoms with van der Waals surface area (Å²) in [5.41, 5.74) is 3.00. The van der Waals surface area contributed by atoms with E-state index in [0.717, 1.165) is 31.2 Å². The van der Waals surface area contributed by atoms with Gasteiger partial charge in [-0.05, 0) is 61.1 Å². The first-order valence-corrected chi connectivity index (χ1v) is 13.0. The maximum atomic E-state index is 14.0. The minimum Gasteiger partial charge on any atom is -0.351 e. The number of amides is 2. The number of carbonyl (C=O) groups excluding carboxylic acids is 3. The van der Waals surface area contributed by atoms with Gasteiger partial charge in [0.25, 0.3) is 5.91 Å². The van der Waals surface area contributed by atoms with E-state index in [-0.39, 0.29) is 23.4 Å². The summed E-state index contributed by atoms with van der Waals surface area (Å²) in [5, 5.41) is 3.22. The van der Waals surface area contributed by atoms with Gasteiger partial charge in [-0.3, -0.25) is 24.3 Å². The zero-order chi connectivity index (χ0) is 26.4. The molecule has 2 amide bonds. The Morgan fingerprint density at radius 2 is 1.54 bits per heavy atom. The largest absolute Gasteiger partial charge is 0.351 e. The summed E-state index contributed by atoms with van der Waals surface area (Å²) in [7, 11) is 0. The van der Waals surface area contributed by atoms with E-state index < -0.39 is 11.9 Å². The third-order valence-corrected chi connectivity index (χ3v) is 6.93. The molecule has 7 nitrogen and oxygen atoms in total.